The summed E-state index contributed by atoms with van der Waals surface area (Å²) in [6.07, 6.45) is 3.21. The minimum absolute atomic E-state index is 0.189. The largest absolute Gasteiger partial charge is 0.396 e. The summed E-state index contributed by atoms with van der Waals surface area (Å²) in [6, 6.07) is 0.557. The molecule has 1 heterocycles. The van der Waals surface area contributed by atoms with Crippen molar-refractivity contribution in [3.8, 4) is 0 Å². The molecule has 1 unspecified atom stereocenters. The van der Waals surface area contributed by atoms with Crippen LogP contribution in [0.5, 0.6) is 0 Å². The lowest BCUT2D eigenvalue weighted by atomic mass is 9.87. The van der Waals surface area contributed by atoms with Gasteiger partial charge < -0.3 is 15.2 Å². The fourth-order valence-electron chi connectivity index (χ4n) is 2.21. The second-order valence-corrected chi connectivity index (χ2v) is 5.76. The summed E-state index contributed by atoms with van der Waals surface area (Å²) in [6.45, 7) is 9.75. The summed E-state index contributed by atoms with van der Waals surface area (Å²) >= 11 is 0. The van der Waals surface area contributed by atoms with Crippen LogP contribution in [0.4, 0.5) is 0 Å². The Morgan fingerprint density at radius 1 is 1.38 bits per heavy atom. The van der Waals surface area contributed by atoms with E-state index in [1.165, 1.54) is 12.8 Å². The van der Waals surface area contributed by atoms with Crippen molar-refractivity contribution in [2.75, 3.05) is 26.4 Å². The van der Waals surface area contributed by atoms with Gasteiger partial charge in [0.15, 0.2) is 0 Å². The molecule has 1 rings (SSSR count). The van der Waals surface area contributed by atoms with Crippen LogP contribution in [-0.4, -0.2) is 37.5 Å². The molecule has 1 saturated heterocycles. The van der Waals surface area contributed by atoms with E-state index in [2.05, 4.69) is 26.1 Å². The summed E-state index contributed by atoms with van der Waals surface area (Å²) in [5.74, 6) is 0.749. The zero-order valence-electron chi connectivity index (χ0n) is 11.0. The molecule has 3 nitrogen and oxygen atoms in total. The summed E-state index contributed by atoms with van der Waals surface area (Å²) in [5, 5.41) is 12.6. The van der Waals surface area contributed by atoms with Gasteiger partial charge in [0, 0.05) is 32.4 Å². The lowest BCUT2D eigenvalue weighted by molar-refractivity contribution is 0.0542. The molecule has 0 bridgehead atoms. The van der Waals surface area contributed by atoms with Crippen molar-refractivity contribution in [2.45, 2.75) is 46.1 Å². The van der Waals surface area contributed by atoms with Crippen LogP contribution in [0.2, 0.25) is 0 Å². The van der Waals surface area contributed by atoms with Crippen LogP contribution >= 0.6 is 0 Å². The molecular weight excluding hydrogens is 202 g/mol. The molecule has 96 valence electrons. The standard InChI is InChI=1S/C13H27NO2/c1-11(12-4-8-16-9-5-12)14-10-13(2,3)6-7-15/h11-12,14-15H,4-10H2,1-3H3. The van der Waals surface area contributed by atoms with Crippen LogP contribution in [0.3, 0.4) is 0 Å². The smallest absolute Gasteiger partial charge is 0.0469 e. The van der Waals surface area contributed by atoms with Crippen molar-refractivity contribution in [1.29, 1.82) is 0 Å². The van der Waals surface area contributed by atoms with Gasteiger partial charge in [0.05, 0.1) is 0 Å². The molecule has 0 radical (unpaired) electrons. The number of aliphatic hydroxyl groups is 1. The van der Waals surface area contributed by atoms with Crippen LogP contribution < -0.4 is 5.32 Å². The Morgan fingerprint density at radius 3 is 2.56 bits per heavy atom. The Bertz CT molecular complexity index is 188. The van der Waals surface area contributed by atoms with Gasteiger partial charge in [-0.25, -0.2) is 0 Å². The first-order valence-electron chi connectivity index (χ1n) is 6.47. The SMILES string of the molecule is CC(NCC(C)(C)CCO)C1CCOCC1. The van der Waals surface area contributed by atoms with E-state index in [-0.39, 0.29) is 12.0 Å². The molecule has 0 spiro atoms. The van der Waals surface area contributed by atoms with E-state index >= 15 is 0 Å². The normalized spacial score (nSPS) is 21.0. The average Bonchev–Trinajstić information content (AvgIpc) is 2.27. The van der Waals surface area contributed by atoms with E-state index in [9.17, 15) is 0 Å². The fraction of sp³-hybridized carbons (Fsp3) is 1.00. The number of rotatable bonds is 6. The highest BCUT2D eigenvalue weighted by molar-refractivity contribution is 4.78. The molecule has 2 N–H and O–H groups in total. The molecule has 1 atom stereocenters. The third kappa shape index (κ3) is 4.81. The number of ether oxygens (including phenoxy) is 1. The maximum atomic E-state index is 8.97. The zero-order chi connectivity index (χ0) is 12.0. The quantitative estimate of drug-likeness (QED) is 0.730. The first-order valence-corrected chi connectivity index (χ1v) is 6.47. The Balaban J connectivity index is 2.25. The number of aliphatic hydroxyl groups excluding tert-OH is 1. The van der Waals surface area contributed by atoms with E-state index in [1.54, 1.807) is 0 Å². The van der Waals surface area contributed by atoms with E-state index in [0.717, 1.165) is 32.1 Å². The van der Waals surface area contributed by atoms with Gasteiger partial charge in [0.25, 0.3) is 0 Å². The lowest BCUT2D eigenvalue weighted by Crippen LogP contribution is -2.41. The van der Waals surface area contributed by atoms with E-state index in [1.807, 2.05) is 0 Å². The summed E-state index contributed by atoms with van der Waals surface area (Å²) in [5.41, 5.74) is 0.189. The van der Waals surface area contributed by atoms with E-state index in [0.29, 0.717) is 6.04 Å². The van der Waals surface area contributed by atoms with Crippen LogP contribution in [0.15, 0.2) is 0 Å². The van der Waals surface area contributed by atoms with Crippen LogP contribution in [0.1, 0.15) is 40.0 Å². The highest BCUT2D eigenvalue weighted by atomic mass is 16.5. The van der Waals surface area contributed by atoms with Crippen LogP contribution in [0, 0.1) is 11.3 Å². The molecular formula is C13H27NO2. The Hall–Kier alpha value is -0.120. The van der Waals surface area contributed by atoms with Crippen molar-refractivity contribution >= 4 is 0 Å². The van der Waals surface area contributed by atoms with E-state index < -0.39 is 0 Å². The average molecular weight is 229 g/mol. The highest BCUT2D eigenvalue weighted by Gasteiger charge is 2.23. The molecule has 0 aromatic heterocycles. The van der Waals surface area contributed by atoms with Crippen LogP contribution in [-0.2, 0) is 4.74 Å². The predicted octanol–water partition coefficient (Wildman–Crippen LogP) is 1.80. The third-order valence-corrected chi connectivity index (χ3v) is 3.66. The second kappa shape index (κ2) is 6.58. The Kier molecular flexibility index (Phi) is 5.73. The molecule has 1 aliphatic rings. The van der Waals surface area contributed by atoms with E-state index in [4.69, 9.17) is 9.84 Å². The van der Waals surface area contributed by atoms with Crippen molar-refractivity contribution in [3.05, 3.63) is 0 Å². The molecule has 0 aliphatic carbocycles. The van der Waals surface area contributed by atoms with Gasteiger partial charge in [-0.1, -0.05) is 13.8 Å². The van der Waals surface area contributed by atoms with Crippen LogP contribution in [0.25, 0.3) is 0 Å². The second-order valence-electron chi connectivity index (χ2n) is 5.76. The Labute approximate surface area is 99.6 Å². The minimum Gasteiger partial charge on any atom is -0.396 e. The minimum atomic E-state index is 0.189. The van der Waals surface area contributed by atoms with Gasteiger partial charge in [-0.2, -0.15) is 0 Å². The molecule has 1 fully saturated rings. The van der Waals surface area contributed by atoms with Gasteiger partial charge in [0.2, 0.25) is 0 Å². The van der Waals surface area contributed by atoms with Gasteiger partial charge in [0.1, 0.15) is 0 Å². The summed E-state index contributed by atoms with van der Waals surface area (Å²) in [7, 11) is 0. The first-order chi connectivity index (χ1) is 7.55. The number of hydrogen-bond donors (Lipinski definition) is 2. The van der Waals surface area contributed by atoms with Gasteiger partial charge >= 0.3 is 0 Å². The molecule has 1 aliphatic heterocycles. The molecule has 16 heavy (non-hydrogen) atoms. The van der Waals surface area contributed by atoms with Crippen molar-refractivity contribution in [2.24, 2.45) is 11.3 Å². The monoisotopic (exact) mass is 229 g/mol. The maximum Gasteiger partial charge on any atom is 0.0469 e. The predicted molar refractivity (Wildman–Crippen MR) is 66.5 cm³/mol. The molecule has 0 saturated carbocycles. The molecule has 3 heteroatoms. The van der Waals surface area contributed by atoms with Crippen molar-refractivity contribution in [1.82, 2.24) is 5.32 Å². The van der Waals surface area contributed by atoms with Gasteiger partial charge in [-0.15, -0.1) is 0 Å². The summed E-state index contributed by atoms with van der Waals surface area (Å²) < 4.78 is 5.37. The molecule has 0 aromatic rings. The lowest BCUT2D eigenvalue weighted by Gasteiger charge is -2.32. The molecule has 0 aromatic carbocycles. The third-order valence-electron chi connectivity index (χ3n) is 3.66. The molecule has 0 amide bonds. The maximum absolute atomic E-state index is 8.97. The first kappa shape index (κ1) is 13.9. The van der Waals surface area contributed by atoms with Crippen molar-refractivity contribution in [3.63, 3.8) is 0 Å². The van der Waals surface area contributed by atoms with Crippen molar-refractivity contribution < 1.29 is 9.84 Å². The highest BCUT2D eigenvalue weighted by Crippen LogP contribution is 2.22. The summed E-state index contributed by atoms with van der Waals surface area (Å²) in [4.78, 5) is 0. The van der Waals surface area contributed by atoms with Gasteiger partial charge in [-0.3, -0.25) is 0 Å². The Morgan fingerprint density at radius 2 is 2.00 bits per heavy atom. The number of hydrogen-bond acceptors (Lipinski definition) is 3. The zero-order valence-corrected chi connectivity index (χ0v) is 11.0. The fourth-order valence-corrected chi connectivity index (χ4v) is 2.21. The topological polar surface area (TPSA) is 41.5 Å². The van der Waals surface area contributed by atoms with Gasteiger partial charge in [-0.05, 0) is 37.5 Å². The number of nitrogens with one attached hydrogen (secondary N) is 1.